The number of ether oxygens (including phenoxy) is 1. The third-order valence-corrected chi connectivity index (χ3v) is 6.46. The summed E-state index contributed by atoms with van der Waals surface area (Å²) in [6.07, 6.45) is 3.38. The monoisotopic (exact) mass is 340 g/mol. The zero-order valence-electron chi connectivity index (χ0n) is 14.1. The fraction of sp³-hybridized carbons (Fsp3) is 0.450. The first-order chi connectivity index (χ1) is 11.7. The zero-order chi connectivity index (χ0) is 16.4. The Kier molecular flexibility index (Phi) is 4.61. The summed E-state index contributed by atoms with van der Waals surface area (Å²) >= 11 is 2.11. The van der Waals surface area contributed by atoms with Crippen LogP contribution in [0, 0.1) is 6.92 Å². The summed E-state index contributed by atoms with van der Waals surface area (Å²) in [4.78, 5) is 6.89. The molecule has 0 amide bonds. The first kappa shape index (κ1) is 16.1. The maximum absolute atomic E-state index is 6.09. The van der Waals surface area contributed by atoms with Gasteiger partial charge in [0.25, 0.3) is 0 Å². The molecule has 1 aromatic carbocycles. The van der Waals surface area contributed by atoms with Gasteiger partial charge in [-0.2, -0.15) is 0 Å². The highest BCUT2D eigenvalue weighted by Crippen LogP contribution is 2.46. The number of benzene rings is 1. The van der Waals surface area contributed by atoms with E-state index in [0.29, 0.717) is 17.5 Å². The summed E-state index contributed by atoms with van der Waals surface area (Å²) in [5, 5.41) is 0. The molecule has 1 atom stereocenters. The van der Waals surface area contributed by atoms with E-state index in [-0.39, 0.29) is 0 Å². The average molecular weight is 340 g/mol. The smallest absolute Gasteiger partial charge is 0.0892 e. The number of aryl methyl sites for hydroxylation is 1. The van der Waals surface area contributed by atoms with Gasteiger partial charge in [-0.15, -0.1) is 11.8 Å². The number of thioether (sulfide) groups is 1. The predicted molar refractivity (Wildman–Crippen MR) is 99.1 cm³/mol. The minimum atomic E-state index is 0.373. The normalized spacial score (nSPS) is 22.6. The molecule has 0 unspecified atom stereocenters. The highest BCUT2D eigenvalue weighted by Gasteiger charge is 2.49. The van der Waals surface area contributed by atoms with Crippen LogP contribution in [0.25, 0.3) is 0 Å². The standard InChI is InChI=1S/C20H24N2OS/c1-16-5-4-6-17(9-16)11-22-14-20(15-22)10-19(13-24-20)23-12-18-7-2-3-8-21-18/h2-9,19H,10-15H2,1H3/t19-/m0/s1. The van der Waals surface area contributed by atoms with E-state index < -0.39 is 0 Å². The Balaban J connectivity index is 1.24. The first-order valence-corrected chi connectivity index (χ1v) is 9.63. The van der Waals surface area contributed by atoms with Crippen molar-refractivity contribution in [3.8, 4) is 0 Å². The molecule has 0 bridgehead atoms. The molecule has 2 aliphatic heterocycles. The molecular weight excluding hydrogens is 316 g/mol. The quantitative estimate of drug-likeness (QED) is 0.829. The third kappa shape index (κ3) is 3.66. The van der Waals surface area contributed by atoms with Gasteiger partial charge in [0.05, 0.1) is 18.4 Å². The first-order valence-electron chi connectivity index (χ1n) is 8.64. The summed E-state index contributed by atoms with van der Waals surface area (Å²) < 4.78 is 6.52. The number of hydrogen-bond acceptors (Lipinski definition) is 4. The molecule has 24 heavy (non-hydrogen) atoms. The molecule has 2 saturated heterocycles. The summed E-state index contributed by atoms with van der Waals surface area (Å²) in [5.74, 6) is 1.12. The van der Waals surface area contributed by atoms with Gasteiger partial charge in [0.2, 0.25) is 0 Å². The van der Waals surface area contributed by atoms with Crippen LogP contribution in [0.15, 0.2) is 48.7 Å². The van der Waals surface area contributed by atoms with Crippen LogP contribution in [0.2, 0.25) is 0 Å². The Labute approximate surface area is 148 Å². The van der Waals surface area contributed by atoms with E-state index in [1.807, 2.05) is 24.4 Å². The molecule has 3 heterocycles. The summed E-state index contributed by atoms with van der Waals surface area (Å²) in [5.41, 5.74) is 3.80. The average Bonchev–Trinajstić information content (AvgIpc) is 2.98. The lowest BCUT2D eigenvalue weighted by atomic mass is 9.92. The number of hydrogen-bond donors (Lipinski definition) is 0. The van der Waals surface area contributed by atoms with E-state index in [2.05, 4.69) is 52.8 Å². The SMILES string of the molecule is Cc1cccc(CN2CC3(C[C@H](OCc4ccccn4)CS3)C2)c1. The summed E-state index contributed by atoms with van der Waals surface area (Å²) in [7, 11) is 0. The van der Waals surface area contributed by atoms with E-state index in [9.17, 15) is 0 Å². The van der Waals surface area contributed by atoms with Crippen molar-refractivity contribution in [2.75, 3.05) is 18.8 Å². The van der Waals surface area contributed by atoms with Gasteiger partial charge in [-0.25, -0.2) is 0 Å². The van der Waals surface area contributed by atoms with Crippen LogP contribution in [0.4, 0.5) is 0 Å². The molecule has 0 radical (unpaired) electrons. The molecule has 2 aliphatic rings. The van der Waals surface area contributed by atoms with Crippen molar-refractivity contribution in [3.05, 3.63) is 65.5 Å². The van der Waals surface area contributed by atoms with Gasteiger partial charge in [-0.05, 0) is 31.0 Å². The number of likely N-dealkylation sites (tertiary alicyclic amines) is 1. The van der Waals surface area contributed by atoms with Crippen LogP contribution in [-0.2, 0) is 17.9 Å². The van der Waals surface area contributed by atoms with E-state index in [0.717, 1.165) is 18.0 Å². The Morgan fingerprint density at radius 2 is 2.17 bits per heavy atom. The Hall–Kier alpha value is -1.36. The molecule has 0 N–H and O–H groups in total. The van der Waals surface area contributed by atoms with Crippen LogP contribution in [-0.4, -0.2) is 39.6 Å². The van der Waals surface area contributed by atoms with Crippen molar-refractivity contribution in [3.63, 3.8) is 0 Å². The van der Waals surface area contributed by atoms with Crippen molar-refractivity contribution in [1.82, 2.24) is 9.88 Å². The second kappa shape index (κ2) is 6.87. The van der Waals surface area contributed by atoms with Gasteiger partial charge in [0.1, 0.15) is 0 Å². The number of rotatable bonds is 5. The molecule has 3 nitrogen and oxygen atoms in total. The molecule has 1 spiro atoms. The van der Waals surface area contributed by atoms with Crippen molar-refractivity contribution in [1.29, 1.82) is 0 Å². The van der Waals surface area contributed by atoms with E-state index in [1.165, 1.54) is 30.6 Å². The van der Waals surface area contributed by atoms with Crippen LogP contribution < -0.4 is 0 Å². The molecule has 126 valence electrons. The summed E-state index contributed by atoms with van der Waals surface area (Å²) in [6, 6.07) is 14.9. The third-order valence-electron chi connectivity index (χ3n) is 4.88. The Morgan fingerprint density at radius 3 is 2.96 bits per heavy atom. The molecular formula is C20H24N2OS. The molecule has 4 rings (SSSR count). The van der Waals surface area contributed by atoms with Crippen LogP contribution in [0.1, 0.15) is 23.2 Å². The number of aromatic nitrogens is 1. The lowest BCUT2D eigenvalue weighted by Crippen LogP contribution is -2.58. The van der Waals surface area contributed by atoms with Crippen molar-refractivity contribution in [2.45, 2.75) is 37.3 Å². The Bertz CT molecular complexity index is 685. The van der Waals surface area contributed by atoms with Gasteiger partial charge in [-0.1, -0.05) is 35.9 Å². The maximum Gasteiger partial charge on any atom is 0.0892 e. The largest absolute Gasteiger partial charge is 0.371 e. The second-order valence-electron chi connectivity index (χ2n) is 7.09. The predicted octanol–water partition coefficient (Wildman–Crippen LogP) is 3.67. The van der Waals surface area contributed by atoms with Gasteiger partial charge in [0, 0.05) is 36.3 Å². The van der Waals surface area contributed by atoms with Crippen molar-refractivity contribution in [2.24, 2.45) is 0 Å². The lowest BCUT2D eigenvalue weighted by molar-refractivity contribution is 0.0251. The van der Waals surface area contributed by atoms with E-state index in [1.54, 1.807) is 0 Å². The minimum Gasteiger partial charge on any atom is -0.371 e. The van der Waals surface area contributed by atoms with Crippen LogP contribution in [0.3, 0.4) is 0 Å². The lowest BCUT2D eigenvalue weighted by Gasteiger charge is -2.47. The fourth-order valence-corrected chi connectivity index (χ4v) is 5.37. The fourth-order valence-electron chi connectivity index (χ4n) is 3.77. The molecule has 0 saturated carbocycles. The Morgan fingerprint density at radius 1 is 1.25 bits per heavy atom. The summed E-state index contributed by atoms with van der Waals surface area (Å²) in [6.45, 7) is 6.25. The highest BCUT2D eigenvalue weighted by molar-refractivity contribution is 8.01. The zero-order valence-corrected chi connectivity index (χ0v) is 15.0. The van der Waals surface area contributed by atoms with Crippen LogP contribution in [0.5, 0.6) is 0 Å². The molecule has 1 aromatic heterocycles. The second-order valence-corrected chi connectivity index (χ2v) is 8.57. The number of pyridine rings is 1. The molecule has 0 aliphatic carbocycles. The highest BCUT2D eigenvalue weighted by atomic mass is 32.2. The number of nitrogens with zero attached hydrogens (tertiary/aromatic N) is 2. The van der Waals surface area contributed by atoms with Crippen molar-refractivity contribution >= 4 is 11.8 Å². The maximum atomic E-state index is 6.09. The van der Waals surface area contributed by atoms with Gasteiger partial charge in [0.15, 0.2) is 0 Å². The van der Waals surface area contributed by atoms with E-state index >= 15 is 0 Å². The van der Waals surface area contributed by atoms with Gasteiger partial charge in [-0.3, -0.25) is 9.88 Å². The van der Waals surface area contributed by atoms with Crippen molar-refractivity contribution < 1.29 is 4.74 Å². The minimum absolute atomic E-state index is 0.373. The van der Waals surface area contributed by atoms with Crippen LogP contribution >= 0.6 is 11.8 Å². The van der Waals surface area contributed by atoms with Gasteiger partial charge < -0.3 is 4.74 Å². The van der Waals surface area contributed by atoms with Gasteiger partial charge >= 0.3 is 0 Å². The molecule has 2 fully saturated rings. The molecule has 2 aromatic rings. The van der Waals surface area contributed by atoms with E-state index in [4.69, 9.17) is 4.74 Å². The topological polar surface area (TPSA) is 25.4 Å². The molecule has 4 heteroatoms.